The minimum atomic E-state index is -4.52. The fourth-order valence-electron chi connectivity index (χ4n) is 3.98. The highest BCUT2D eigenvalue weighted by atomic mass is 19.4. The van der Waals surface area contributed by atoms with E-state index in [4.69, 9.17) is 0 Å². The van der Waals surface area contributed by atoms with Crippen LogP contribution in [0.2, 0.25) is 0 Å². The van der Waals surface area contributed by atoms with Gasteiger partial charge in [0.15, 0.2) is 5.82 Å². The largest absolute Gasteiger partial charge is 0.416 e. The summed E-state index contributed by atoms with van der Waals surface area (Å²) in [5.74, 6) is -0.790. The zero-order valence-corrected chi connectivity index (χ0v) is 16.2. The van der Waals surface area contributed by atoms with Gasteiger partial charge in [0, 0.05) is 17.7 Å². The standard InChI is InChI=1S/C22H21F4N3O/c23-17-10-11-18-27-20(28-21(30)14-6-3-1-2-4-7-14)19(29(18)13-17)15-8-5-9-16(12-15)22(24,25)26/h5,8-14H,1-4,6-7H2,(H,28,30). The van der Waals surface area contributed by atoms with E-state index in [0.717, 1.165) is 56.9 Å². The molecule has 1 aromatic carbocycles. The normalized spacial score (nSPS) is 15.9. The van der Waals surface area contributed by atoms with E-state index in [1.54, 1.807) is 0 Å². The van der Waals surface area contributed by atoms with Crippen molar-refractivity contribution in [2.45, 2.75) is 44.7 Å². The molecule has 1 aliphatic rings. The highest BCUT2D eigenvalue weighted by Gasteiger charge is 2.31. The summed E-state index contributed by atoms with van der Waals surface area (Å²) in [7, 11) is 0. The Balaban J connectivity index is 1.78. The monoisotopic (exact) mass is 419 g/mol. The first kappa shape index (κ1) is 20.4. The predicted octanol–water partition coefficient (Wildman–Crippen LogP) is 6.07. The van der Waals surface area contributed by atoms with Gasteiger partial charge in [0.25, 0.3) is 0 Å². The van der Waals surface area contributed by atoms with Crippen LogP contribution in [0.15, 0.2) is 42.6 Å². The number of pyridine rings is 1. The number of carbonyl (C=O) groups excluding carboxylic acids is 1. The maximum atomic E-state index is 13.9. The van der Waals surface area contributed by atoms with Crippen LogP contribution in [0.1, 0.15) is 44.1 Å². The number of fused-ring (bicyclic) bond motifs is 1. The molecule has 0 aliphatic heterocycles. The number of amides is 1. The van der Waals surface area contributed by atoms with Crippen molar-refractivity contribution in [3.05, 3.63) is 54.0 Å². The minimum absolute atomic E-state index is 0.133. The van der Waals surface area contributed by atoms with Gasteiger partial charge in [0.05, 0.1) is 11.3 Å². The summed E-state index contributed by atoms with van der Waals surface area (Å²) in [5.41, 5.74) is -0.0796. The lowest BCUT2D eigenvalue weighted by atomic mass is 9.99. The lowest BCUT2D eigenvalue weighted by molar-refractivity contribution is -0.137. The summed E-state index contributed by atoms with van der Waals surface area (Å²) in [6.07, 6.45) is 2.29. The average molecular weight is 419 g/mol. The molecular weight excluding hydrogens is 398 g/mol. The molecule has 0 atom stereocenters. The van der Waals surface area contributed by atoms with Crippen molar-refractivity contribution in [3.63, 3.8) is 0 Å². The first-order valence-corrected chi connectivity index (χ1v) is 9.99. The molecule has 1 saturated carbocycles. The molecule has 0 saturated heterocycles. The molecule has 8 heteroatoms. The molecule has 4 nitrogen and oxygen atoms in total. The number of hydrogen-bond acceptors (Lipinski definition) is 2. The van der Waals surface area contributed by atoms with Gasteiger partial charge in [-0.05, 0) is 37.1 Å². The van der Waals surface area contributed by atoms with E-state index in [-0.39, 0.29) is 28.9 Å². The van der Waals surface area contributed by atoms with E-state index in [2.05, 4.69) is 10.3 Å². The van der Waals surface area contributed by atoms with Crippen molar-refractivity contribution < 1.29 is 22.4 Å². The molecule has 1 N–H and O–H groups in total. The molecule has 0 unspecified atom stereocenters. The van der Waals surface area contributed by atoms with E-state index in [1.807, 2.05) is 0 Å². The van der Waals surface area contributed by atoms with Gasteiger partial charge in [-0.1, -0.05) is 37.8 Å². The first-order valence-electron chi connectivity index (χ1n) is 9.99. The quantitative estimate of drug-likeness (QED) is 0.414. The van der Waals surface area contributed by atoms with Crippen LogP contribution in [0, 0.1) is 11.7 Å². The van der Waals surface area contributed by atoms with Crippen LogP contribution in [0.5, 0.6) is 0 Å². The van der Waals surface area contributed by atoms with E-state index in [9.17, 15) is 22.4 Å². The number of halogens is 4. The van der Waals surface area contributed by atoms with Crippen LogP contribution in [-0.4, -0.2) is 15.3 Å². The summed E-state index contributed by atoms with van der Waals surface area (Å²) in [4.78, 5) is 17.2. The van der Waals surface area contributed by atoms with Crippen LogP contribution in [0.3, 0.4) is 0 Å². The Kier molecular flexibility index (Phi) is 5.49. The summed E-state index contributed by atoms with van der Waals surface area (Å²) in [6.45, 7) is 0. The van der Waals surface area contributed by atoms with Gasteiger partial charge in [0.1, 0.15) is 11.5 Å². The van der Waals surface area contributed by atoms with E-state index in [0.29, 0.717) is 5.65 Å². The molecule has 0 spiro atoms. The number of carbonyl (C=O) groups is 1. The smallest absolute Gasteiger partial charge is 0.309 e. The summed E-state index contributed by atoms with van der Waals surface area (Å²) >= 11 is 0. The van der Waals surface area contributed by atoms with Gasteiger partial charge in [-0.15, -0.1) is 0 Å². The second-order valence-corrected chi connectivity index (χ2v) is 7.64. The Morgan fingerprint density at radius 1 is 1.07 bits per heavy atom. The van der Waals surface area contributed by atoms with E-state index in [1.165, 1.54) is 28.7 Å². The molecule has 2 heterocycles. The Morgan fingerprint density at radius 3 is 2.50 bits per heavy atom. The van der Waals surface area contributed by atoms with E-state index < -0.39 is 17.6 Å². The van der Waals surface area contributed by atoms with Crippen LogP contribution >= 0.6 is 0 Å². The maximum Gasteiger partial charge on any atom is 0.416 e. The van der Waals surface area contributed by atoms with Crippen molar-refractivity contribution in [2.75, 3.05) is 5.32 Å². The molecule has 0 bridgehead atoms. The molecule has 0 radical (unpaired) electrons. The molecular formula is C22H21F4N3O. The molecule has 1 amide bonds. The van der Waals surface area contributed by atoms with Gasteiger partial charge >= 0.3 is 6.18 Å². The summed E-state index contributed by atoms with van der Waals surface area (Å²) < 4.78 is 54.9. The van der Waals surface area contributed by atoms with Crippen molar-refractivity contribution in [3.8, 4) is 11.3 Å². The Morgan fingerprint density at radius 2 is 1.80 bits per heavy atom. The van der Waals surface area contributed by atoms with Crippen molar-refractivity contribution >= 4 is 17.4 Å². The van der Waals surface area contributed by atoms with Crippen molar-refractivity contribution in [1.29, 1.82) is 0 Å². The topological polar surface area (TPSA) is 46.4 Å². The lowest BCUT2D eigenvalue weighted by Crippen LogP contribution is -2.23. The number of nitrogens with zero attached hydrogens (tertiary/aromatic N) is 2. The third-order valence-corrected chi connectivity index (χ3v) is 5.51. The van der Waals surface area contributed by atoms with Gasteiger partial charge in [-0.25, -0.2) is 9.37 Å². The zero-order chi connectivity index (χ0) is 21.3. The Bertz CT molecular complexity index is 1070. The summed E-state index contributed by atoms with van der Waals surface area (Å²) in [6, 6.07) is 7.37. The molecule has 3 aromatic rings. The maximum absolute atomic E-state index is 13.9. The number of benzene rings is 1. The van der Waals surface area contributed by atoms with Gasteiger partial charge in [0.2, 0.25) is 5.91 Å². The fraction of sp³-hybridized carbons (Fsp3) is 0.364. The second kappa shape index (κ2) is 8.08. The van der Waals surface area contributed by atoms with Gasteiger partial charge in [-0.3, -0.25) is 9.20 Å². The molecule has 1 aliphatic carbocycles. The van der Waals surface area contributed by atoms with Crippen LogP contribution in [0.4, 0.5) is 23.4 Å². The fourth-order valence-corrected chi connectivity index (χ4v) is 3.98. The van der Waals surface area contributed by atoms with Crippen LogP contribution in [0.25, 0.3) is 16.9 Å². The van der Waals surface area contributed by atoms with Crippen molar-refractivity contribution in [1.82, 2.24) is 9.38 Å². The SMILES string of the molecule is O=C(Nc1nc2ccc(F)cn2c1-c1cccc(C(F)(F)F)c1)C1CCCCCC1. The predicted molar refractivity (Wildman–Crippen MR) is 105 cm³/mol. The third kappa shape index (κ3) is 4.17. The highest BCUT2D eigenvalue weighted by Crippen LogP contribution is 2.35. The van der Waals surface area contributed by atoms with Gasteiger partial charge < -0.3 is 5.32 Å². The zero-order valence-electron chi connectivity index (χ0n) is 16.2. The number of hydrogen-bond donors (Lipinski definition) is 1. The minimum Gasteiger partial charge on any atom is -0.309 e. The van der Waals surface area contributed by atoms with Gasteiger partial charge in [-0.2, -0.15) is 13.2 Å². The molecule has 158 valence electrons. The number of nitrogens with one attached hydrogen (secondary N) is 1. The van der Waals surface area contributed by atoms with Crippen molar-refractivity contribution in [2.24, 2.45) is 5.92 Å². The van der Waals surface area contributed by atoms with E-state index >= 15 is 0 Å². The average Bonchev–Trinajstić information content (AvgIpc) is 2.87. The molecule has 1 fully saturated rings. The first-order chi connectivity index (χ1) is 14.3. The third-order valence-electron chi connectivity index (χ3n) is 5.51. The Hall–Kier alpha value is -2.90. The molecule has 2 aromatic heterocycles. The lowest BCUT2D eigenvalue weighted by Gasteiger charge is -2.14. The Labute approximate surface area is 170 Å². The number of rotatable bonds is 3. The highest BCUT2D eigenvalue weighted by molar-refractivity contribution is 5.96. The number of aromatic nitrogens is 2. The van der Waals surface area contributed by atoms with Crippen LogP contribution < -0.4 is 5.32 Å². The number of alkyl halides is 3. The van der Waals surface area contributed by atoms with Crippen LogP contribution in [-0.2, 0) is 11.0 Å². The number of imidazole rings is 1. The molecule has 4 rings (SSSR count). The second-order valence-electron chi connectivity index (χ2n) is 7.64. The summed E-state index contributed by atoms with van der Waals surface area (Å²) in [5, 5.41) is 2.80. The number of anilines is 1. The molecule has 30 heavy (non-hydrogen) atoms.